The fourth-order valence-electron chi connectivity index (χ4n) is 1.80. The number of nitrogens with zero attached hydrogens (tertiary/aromatic N) is 2. The van der Waals surface area contributed by atoms with Crippen LogP contribution in [0.25, 0.3) is 0 Å². The van der Waals surface area contributed by atoms with Gasteiger partial charge in [-0.1, -0.05) is 0 Å². The maximum atomic E-state index is 4.24. The quantitative estimate of drug-likeness (QED) is 0.716. The summed E-state index contributed by atoms with van der Waals surface area (Å²) in [7, 11) is 0. The first-order chi connectivity index (χ1) is 6.84. The van der Waals surface area contributed by atoms with Crippen molar-refractivity contribution in [2.24, 2.45) is 0 Å². The zero-order valence-corrected chi connectivity index (χ0v) is 8.66. The van der Waals surface area contributed by atoms with Gasteiger partial charge in [0, 0.05) is 25.3 Å². The molecule has 2 heterocycles. The number of aryl methyl sites for hydroxylation is 1. The number of hydrogen-bond donors (Lipinski definition) is 2. The lowest BCUT2D eigenvalue weighted by Crippen LogP contribution is -2.33. The lowest BCUT2D eigenvalue weighted by molar-refractivity contribution is 0.494. The Morgan fingerprint density at radius 3 is 3.29 bits per heavy atom. The topological polar surface area (TPSA) is 41.9 Å². The van der Waals surface area contributed by atoms with E-state index in [1.165, 1.54) is 12.0 Å². The van der Waals surface area contributed by atoms with E-state index >= 15 is 0 Å². The molecule has 14 heavy (non-hydrogen) atoms. The van der Waals surface area contributed by atoms with Crippen LogP contribution in [0.1, 0.15) is 12.0 Å². The molecule has 0 saturated carbocycles. The van der Waals surface area contributed by atoms with Gasteiger partial charge in [0.25, 0.3) is 0 Å². The van der Waals surface area contributed by atoms with Crippen molar-refractivity contribution in [3.63, 3.8) is 0 Å². The minimum Gasteiger partial charge on any atom is -0.315 e. The third-order valence-electron chi connectivity index (χ3n) is 2.60. The normalized spacial score (nSPS) is 21.6. The number of hydrogen-bond acceptors (Lipinski definition) is 3. The molecule has 1 unspecified atom stereocenters. The Bertz CT molecular complexity index is 275. The molecule has 4 heteroatoms. The molecule has 2 rings (SSSR count). The summed E-state index contributed by atoms with van der Waals surface area (Å²) in [6.45, 7) is 6.30. The molecule has 1 aliphatic heterocycles. The van der Waals surface area contributed by atoms with E-state index in [1.54, 1.807) is 0 Å². The predicted octanol–water partition coefficient (Wildman–Crippen LogP) is 0.143. The largest absolute Gasteiger partial charge is 0.315 e. The van der Waals surface area contributed by atoms with E-state index in [2.05, 4.69) is 28.9 Å². The average Bonchev–Trinajstić information content (AvgIpc) is 2.77. The molecular weight excluding hydrogens is 176 g/mol. The molecule has 4 nitrogen and oxygen atoms in total. The van der Waals surface area contributed by atoms with Crippen molar-refractivity contribution in [3.8, 4) is 0 Å². The molecule has 78 valence electrons. The van der Waals surface area contributed by atoms with Gasteiger partial charge in [-0.2, -0.15) is 5.10 Å². The van der Waals surface area contributed by atoms with E-state index in [4.69, 9.17) is 0 Å². The van der Waals surface area contributed by atoms with Crippen LogP contribution in [0.5, 0.6) is 0 Å². The molecule has 1 atom stereocenters. The van der Waals surface area contributed by atoms with Crippen LogP contribution in [0.4, 0.5) is 0 Å². The van der Waals surface area contributed by atoms with Gasteiger partial charge in [0.05, 0.1) is 12.7 Å². The van der Waals surface area contributed by atoms with Gasteiger partial charge >= 0.3 is 0 Å². The van der Waals surface area contributed by atoms with Gasteiger partial charge in [-0.15, -0.1) is 0 Å². The highest BCUT2D eigenvalue weighted by Gasteiger charge is 2.12. The van der Waals surface area contributed by atoms with E-state index in [0.29, 0.717) is 6.04 Å². The second-order valence-corrected chi connectivity index (χ2v) is 3.92. The van der Waals surface area contributed by atoms with Crippen molar-refractivity contribution in [1.29, 1.82) is 0 Å². The lowest BCUT2D eigenvalue weighted by Gasteiger charge is -2.10. The molecule has 0 bridgehead atoms. The van der Waals surface area contributed by atoms with E-state index in [-0.39, 0.29) is 0 Å². The second-order valence-electron chi connectivity index (χ2n) is 3.92. The Morgan fingerprint density at radius 1 is 1.71 bits per heavy atom. The second kappa shape index (κ2) is 4.57. The lowest BCUT2D eigenvalue weighted by atomic mass is 10.2. The highest BCUT2D eigenvalue weighted by atomic mass is 15.3. The van der Waals surface area contributed by atoms with E-state index in [0.717, 1.165) is 26.2 Å². The minimum absolute atomic E-state index is 0.659. The highest BCUT2D eigenvalue weighted by molar-refractivity contribution is 4.99. The molecule has 1 saturated heterocycles. The number of nitrogens with one attached hydrogen (secondary N) is 2. The van der Waals surface area contributed by atoms with Gasteiger partial charge in [-0.25, -0.2) is 0 Å². The van der Waals surface area contributed by atoms with Crippen molar-refractivity contribution in [1.82, 2.24) is 20.4 Å². The van der Waals surface area contributed by atoms with Crippen LogP contribution in [0, 0.1) is 6.92 Å². The van der Waals surface area contributed by atoms with Crippen LogP contribution in [0.3, 0.4) is 0 Å². The Balaban J connectivity index is 1.67. The molecular formula is C10H18N4. The standard InChI is InChI=1S/C10H18N4/c1-9-6-13-14(8-9)5-4-12-10-2-3-11-7-10/h6,8,10-12H,2-5,7H2,1H3. The van der Waals surface area contributed by atoms with Crippen molar-refractivity contribution in [2.75, 3.05) is 19.6 Å². The minimum atomic E-state index is 0.659. The van der Waals surface area contributed by atoms with Crippen LogP contribution >= 0.6 is 0 Å². The highest BCUT2D eigenvalue weighted by Crippen LogP contribution is 1.97. The van der Waals surface area contributed by atoms with Crippen LogP contribution in [-0.4, -0.2) is 35.5 Å². The summed E-state index contributed by atoms with van der Waals surface area (Å²) >= 11 is 0. The summed E-state index contributed by atoms with van der Waals surface area (Å²) in [5.74, 6) is 0. The maximum Gasteiger partial charge on any atom is 0.0534 e. The first-order valence-corrected chi connectivity index (χ1v) is 5.28. The van der Waals surface area contributed by atoms with Gasteiger partial charge in [-0.3, -0.25) is 4.68 Å². The van der Waals surface area contributed by atoms with Gasteiger partial charge in [-0.05, 0) is 25.5 Å². The SMILES string of the molecule is Cc1cnn(CCNC2CCNC2)c1. The molecule has 0 aliphatic carbocycles. The summed E-state index contributed by atoms with van der Waals surface area (Å²) in [5, 5.41) is 11.1. The first kappa shape index (κ1) is 9.68. The summed E-state index contributed by atoms with van der Waals surface area (Å²) in [4.78, 5) is 0. The van der Waals surface area contributed by atoms with Crippen molar-refractivity contribution in [2.45, 2.75) is 25.9 Å². The molecule has 1 aromatic rings. The molecule has 1 fully saturated rings. The third-order valence-corrected chi connectivity index (χ3v) is 2.60. The van der Waals surface area contributed by atoms with E-state index < -0.39 is 0 Å². The van der Waals surface area contributed by atoms with Crippen LogP contribution in [-0.2, 0) is 6.54 Å². The molecule has 0 radical (unpaired) electrons. The van der Waals surface area contributed by atoms with Gasteiger partial charge < -0.3 is 10.6 Å². The summed E-state index contributed by atoms with van der Waals surface area (Å²) in [6.07, 6.45) is 5.23. The van der Waals surface area contributed by atoms with Crippen LogP contribution < -0.4 is 10.6 Å². The van der Waals surface area contributed by atoms with Crippen molar-refractivity contribution < 1.29 is 0 Å². The summed E-state index contributed by atoms with van der Waals surface area (Å²) in [6, 6.07) is 0.659. The fraction of sp³-hybridized carbons (Fsp3) is 0.700. The van der Waals surface area contributed by atoms with E-state index in [1.807, 2.05) is 10.9 Å². The predicted molar refractivity (Wildman–Crippen MR) is 56.2 cm³/mol. The smallest absolute Gasteiger partial charge is 0.0534 e. The summed E-state index contributed by atoms with van der Waals surface area (Å²) < 4.78 is 1.99. The third kappa shape index (κ3) is 2.56. The Hall–Kier alpha value is -0.870. The zero-order valence-electron chi connectivity index (χ0n) is 8.66. The van der Waals surface area contributed by atoms with Crippen LogP contribution in [0.15, 0.2) is 12.4 Å². The summed E-state index contributed by atoms with van der Waals surface area (Å²) in [5.41, 5.74) is 1.23. The molecule has 2 N–H and O–H groups in total. The fourth-order valence-corrected chi connectivity index (χ4v) is 1.80. The van der Waals surface area contributed by atoms with Crippen molar-refractivity contribution in [3.05, 3.63) is 18.0 Å². The molecule has 1 aromatic heterocycles. The van der Waals surface area contributed by atoms with E-state index in [9.17, 15) is 0 Å². The van der Waals surface area contributed by atoms with Crippen LogP contribution in [0.2, 0.25) is 0 Å². The Kier molecular flexibility index (Phi) is 3.16. The van der Waals surface area contributed by atoms with Gasteiger partial charge in [0.15, 0.2) is 0 Å². The molecule has 0 amide bonds. The number of rotatable bonds is 4. The monoisotopic (exact) mass is 194 g/mol. The van der Waals surface area contributed by atoms with Crippen molar-refractivity contribution >= 4 is 0 Å². The van der Waals surface area contributed by atoms with Gasteiger partial charge in [0.1, 0.15) is 0 Å². The molecule has 0 spiro atoms. The zero-order chi connectivity index (χ0) is 9.80. The maximum absolute atomic E-state index is 4.24. The molecule has 1 aliphatic rings. The molecule has 0 aromatic carbocycles. The van der Waals surface area contributed by atoms with Gasteiger partial charge in [0.2, 0.25) is 0 Å². The first-order valence-electron chi connectivity index (χ1n) is 5.28. The Morgan fingerprint density at radius 2 is 2.64 bits per heavy atom. The Labute approximate surface area is 84.7 Å². The number of aromatic nitrogens is 2. The average molecular weight is 194 g/mol.